The normalized spacial score (nSPS) is 17.1. The van der Waals surface area contributed by atoms with E-state index in [0.29, 0.717) is 45.6 Å². The lowest BCUT2D eigenvalue weighted by molar-refractivity contribution is 0.102. The Bertz CT molecular complexity index is 1560. The van der Waals surface area contributed by atoms with E-state index in [4.69, 9.17) is 4.98 Å². The number of amides is 1. The van der Waals surface area contributed by atoms with Gasteiger partial charge >= 0.3 is 0 Å². The van der Waals surface area contributed by atoms with Crippen LogP contribution in [0.25, 0.3) is 21.3 Å². The number of thiazole rings is 1. The molecule has 1 aromatic carbocycles. The van der Waals surface area contributed by atoms with Crippen LogP contribution in [-0.2, 0) is 17.1 Å². The number of fused-ring (bicyclic) bond motifs is 2. The van der Waals surface area contributed by atoms with Gasteiger partial charge in [0, 0.05) is 31.7 Å². The smallest absolute Gasteiger partial charge is 0.258 e. The van der Waals surface area contributed by atoms with Gasteiger partial charge in [-0.2, -0.15) is 9.40 Å². The predicted molar refractivity (Wildman–Crippen MR) is 131 cm³/mol. The van der Waals surface area contributed by atoms with E-state index in [1.165, 1.54) is 15.6 Å². The fraction of sp³-hybridized carbons (Fsp3) is 0.391. The van der Waals surface area contributed by atoms with Crippen LogP contribution >= 0.6 is 11.3 Å². The highest BCUT2D eigenvalue weighted by Crippen LogP contribution is 2.40. The predicted octanol–water partition coefficient (Wildman–Crippen LogP) is 3.80. The number of carbonyl (C=O) groups excluding carboxylic acids is 1. The molecule has 0 spiro atoms. The molecule has 9 nitrogen and oxygen atoms in total. The number of hydrogen-bond acceptors (Lipinski definition) is 7. The fourth-order valence-corrected chi connectivity index (χ4v) is 7.11. The Labute approximate surface area is 200 Å². The van der Waals surface area contributed by atoms with Crippen molar-refractivity contribution in [1.82, 2.24) is 24.1 Å². The fourth-order valence-electron chi connectivity index (χ4n) is 4.59. The molecule has 4 aromatic rings. The second-order valence-electron chi connectivity index (χ2n) is 8.99. The molecule has 1 saturated carbocycles. The molecular formula is C23H24N6O3S2. The van der Waals surface area contributed by atoms with Gasteiger partial charge in [0.1, 0.15) is 0 Å². The third-order valence-electron chi connectivity index (χ3n) is 6.51. The molecule has 0 radical (unpaired) electrons. The highest BCUT2D eigenvalue weighted by atomic mass is 32.2. The summed E-state index contributed by atoms with van der Waals surface area (Å²) >= 11 is 1.27. The van der Waals surface area contributed by atoms with E-state index in [0.717, 1.165) is 42.5 Å². The van der Waals surface area contributed by atoms with E-state index in [2.05, 4.69) is 15.4 Å². The van der Waals surface area contributed by atoms with Crippen LogP contribution in [0.15, 0.2) is 29.2 Å². The first-order valence-corrected chi connectivity index (χ1v) is 13.6. The summed E-state index contributed by atoms with van der Waals surface area (Å²) in [5.74, 6) is 0.124. The average molecular weight is 497 g/mol. The third kappa shape index (κ3) is 3.58. The van der Waals surface area contributed by atoms with Gasteiger partial charge in [0.05, 0.1) is 31.8 Å². The van der Waals surface area contributed by atoms with Crippen molar-refractivity contribution in [3.63, 3.8) is 0 Å². The monoisotopic (exact) mass is 496 g/mol. The Hall–Kier alpha value is -2.89. The summed E-state index contributed by atoms with van der Waals surface area (Å²) in [6, 6.07) is 6.82. The maximum absolute atomic E-state index is 13.3. The number of rotatable bonds is 5. The topological polar surface area (TPSA) is 110 Å². The van der Waals surface area contributed by atoms with E-state index in [-0.39, 0.29) is 10.8 Å². The molecule has 1 aliphatic heterocycles. The molecule has 6 rings (SSSR count). The van der Waals surface area contributed by atoms with Gasteiger partial charge in [-0.3, -0.25) is 14.8 Å². The lowest BCUT2D eigenvalue weighted by atomic mass is 10.1. The summed E-state index contributed by atoms with van der Waals surface area (Å²) in [4.78, 5) is 22.9. The number of pyridine rings is 1. The number of sulfonamides is 1. The van der Waals surface area contributed by atoms with Crippen molar-refractivity contribution < 1.29 is 13.2 Å². The lowest BCUT2D eigenvalue weighted by Gasteiger charge is -2.15. The van der Waals surface area contributed by atoms with E-state index < -0.39 is 10.0 Å². The average Bonchev–Trinajstić information content (AvgIpc) is 3.22. The van der Waals surface area contributed by atoms with Gasteiger partial charge in [0.15, 0.2) is 10.8 Å². The van der Waals surface area contributed by atoms with Gasteiger partial charge in [-0.15, -0.1) is 0 Å². The second kappa shape index (κ2) is 7.82. The van der Waals surface area contributed by atoms with Crippen molar-refractivity contribution >= 4 is 53.6 Å². The molecule has 34 heavy (non-hydrogen) atoms. The van der Waals surface area contributed by atoms with Crippen LogP contribution < -0.4 is 5.32 Å². The summed E-state index contributed by atoms with van der Waals surface area (Å²) in [7, 11) is -1.68. The molecule has 176 valence electrons. The van der Waals surface area contributed by atoms with Crippen LogP contribution in [0.3, 0.4) is 0 Å². The molecule has 0 unspecified atom stereocenters. The molecule has 1 saturated heterocycles. The minimum absolute atomic E-state index is 0.263. The van der Waals surface area contributed by atoms with Gasteiger partial charge in [-0.1, -0.05) is 11.3 Å². The van der Waals surface area contributed by atoms with Crippen molar-refractivity contribution in [3.05, 3.63) is 41.2 Å². The van der Waals surface area contributed by atoms with Crippen LogP contribution in [0.5, 0.6) is 0 Å². The van der Waals surface area contributed by atoms with Crippen molar-refractivity contribution in [2.24, 2.45) is 7.05 Å². The largest absolute Gasteiger partial charge is 0.298 e. The minimum atomic E-state index is -3.51. The minimum Gasteiger partial charge on any atom is -0.298 e. The van der Waals surface area contributed by atoms with E-state index in [1.54, 1.807) is 22.9 Å². The number of nitrogens with zero attached hydrogens (tertiary/aromatic N) is 5. The summed E-state index contributed by atoms with van der Waals surface area (Å²) in [6.45, 7) is 2.99. The van der Waals surface area contributed by atoms with Gasteiger partial charge in [-0.25, -0.2) is 18.4 Å². The molecule has 4 heterocycles. The highest BCUT2D eigenvalue weighted by Gasteiger charge is 2.29. The Morgan fingerprint density at radius 3 is 2.65 bits per heavy atom. The van der Waals surface area contributed by atoms with Crippen molar-refractivity contribution in [3.8, 4) is 0 Å². The van der Waals surface area contributed by atoms with Crippen LogP contribution in [0.4, 0.5) is 5.13 Å². The summed E-state index contributed by atoms with van der Waals surface area (Å²) in [5, 5.41) is 8.55. The third-order valence-corrected chi connectivity index (χ3v) is 9.34. The van der Waals surface area contributed by atoms with E-state index in [9.17, 15) is 13.2 Å². The van der Waals surface area contributed by atoms with Crippen LogP contribution in [0.1, 0.15) is 53.3 Å². The van der Waals surface area contributed by atoms with Crippen LogP contribution in [0.2, 0.25) is 0 Å². The van der Waals surface area contributed by atoms with Crippen molar-refractivity contribution in [2.75, 3.05) is 18.4 Å². The first-order chi connectivity index (χ1) is 16.3. The first kappa shape index (κ1) is 21.6. The molecule has 1 aliphatic carbocycles. The molecule has 0 bridgehead atoms. The highest BCUT2D eigenvalue weighted by molar-refractivity contribution is 7.89. The zero-order valence-corrected chi connectivity index (χ0v) is 20.5. The van der Waals surface area contributed by atoms with Crippen LogP contribution in [-0.4, -0.2) is 51.5 Å². The summed E-state index contributed by atoms with van der Waals surface area (Å²) in [5.41, 5.74) is 3.55. The Kier molecular flexibility index (Phi) is 4.98. The Morgan fingerprint density at radius 1 is 1.15 bits per heavy atom. The molecule has 0 atom stereocenters. The number of carbonyl (C=O) groups is 1. The number of anilines is 1. The molecule has 11 heteroatoms. The molecule has 2 fully saturated rings. The molecular weight excluding hydrogens is 472 g/mol. The van der Waals surface area contributed by atoms with Crippen LogP contribution in [0, 0.1) is 6.92 Å². The Morgan fingerprint density at radius 2 is 1.91 bits per heavy atom. The maximum atomic E-state index is 13.3. The van der Waals surface area contributed by atoms with E-state index >= 15 is 0 Å². The van der Waals surface area contributed by atoms with Gasteiger partial charge in [0.25, 0.3) is 5.91 Å². The molecule has 2 aliphatic rings. The number of aryl methyl sites for hydroxylation is 2. The van der Waals surface area contributed by atoms with Crippen molar-refractivity contribution in [1.29, 1.82) is 0 Å². The Balaban J connectivity index is 1.34. The number of nitrogens with one attached hydrogen (secondary N) is 1. The zero-order chi connectivity index (χ0) is 23.6. The quantitative estimate of drug-likeness (QED) is 0.450. The van der Waals surface area contributed by atoms with Crippen molar-refractivity contribution in [2.45, 2.75) is 43.4 Å². The second-order valence-corrected chi connectivity index (χ2v) is 12.0. The van der Waals surface area contributed by atoms with Gasteiger partial charge < -0.3 is 0 Å². The summed E-state index contributed by atoms with van der Waals surface area (Å²) < 4.78 is 29.8. The number of hydrogen-bond donors (Lipinski definition) is 1. The molecule has 1 N–H and O–H groups in total. The van der Waals surface area contributed by atoms with Gasteiger partial charge in [-0.05, 0) is 56.9 Å². The number of aromatic nitrogens is 4. The SMILES string of the molecule is Cc1nn(C)c2nc(C3CC3)cc(C(=O)Nc3nc4ccc(S(=O)(=O)N5CCCC5)cc4s3)c12. The molecule has 3 aromatic heterocycles. The number of benzene rings is 1. The summed E-state index contributed by atoms with van der Waals surface area (Å²) in [6.07, 6.45) is 3.94. The standard InChI is InChI=1S/C23H24N6O3S2/c1-13-20-16(12-18(14-5-6-14)24-21(20)28(2)27-13)22(30)26-23-25-17-8-7-15(11-19(17)33-23)34(31,32)29-9-3-4-10-29/h7-8,11-12,14H,3-6,9-10H2,1-2H3,(H,25,26,30). The maximum Gasteiger partial charge on any atom is 0.258 e. The lowest BCUT2D eigenvalue weighted by Crippen LogP contribution is -2.27. The molecule has 1 amide bonds. The van der Waals surface area contributed by atoms with E-state index in [1.807, 2.05) is 20.0 Å². The van der Waals surface area contributed by atoms with Gasteiger partial charge in [0.2, 0.25) is 10.0 Å². The first-order valence-electron chi connectivity index (χ1n) is 11.4. The zero-order valence-electron chi connectivity index (χ0n) is 18.9.